The van der Waals surface area contributed by atoms with E-state index in [1.807, 2.05) is 36.4 Å². The summed E-state index contributed by atoms with van der Waals surface area (Å²) in [6.45, 7) is 0. The van der Waals surface area contributed by atoms with Crippen LogP contribution in [0.25, 0.3) is 0 Å². The van der Waals surface area contributed by atoms with Crippen molar-refractivity contribution in [2.45, 2.75) is 11.8 Å². The summed E-state index contributed by atoms with van der Waals surface area (Å²) in [6.07, 6.45) is 8.79. The predicted molar refractivity (Wildman–Crippen MR) is 60.8 cm³/mol. The standard InChI is InChI=1S/C13H13NO2/c1-16-11-5-7-13(10-15,8-6-11)12-4-2-3-9-14-12/h2-7,9-10H,8H2,1H3. The van der Waals surface area contributed by atoms with Crippen LogP contribution in [0.4, 0.5) is 0 Å². The second-order valence-corrected chi connectivity index (χ2v) is 3.72. The Morgan fingerprint density at radius 2 is 2.38 bits per heavy atom. The molecule has 1 aliphatic carbocycles. The maximum atomic E-state index is 11.3. The average molecular weight is 215 g/mol. The van der Waals surface area contributed by atoms with E-state index in [-0.39, 0.29) is 0 Å². The van der Waals surface area contributed by atoms with Crippen LogP contribution in [-0.2, 0) is 14.9 Å². The molecule has 2 rings (SSSR count). The van der Waals surface area contributed by atoms with Crippen LogP contribution in [-0.4, -0.2) is 18.4 Å². The molecule has 1 atom stereocenters. The summed E-state index contributed by atoms with van der Waals surface area (Å²) in [5, 5.41) is 0. The molecule has 0 radical (unpaired) electrons. The quantitative estimate of drug-likeness (QED) is 0.724. The van der Waals surface area contributed by atoms with Crippen LogP contribution in [0.15, 0.2) is 48.4 Å². The molecular formula is C13H13NO2. The van der Waals surface area contributed by atoms with E-state index in [2.05, 4.69) is 4.98 Å². The van der Waals surface area contributed by atoms with Crippen molar-refractivity contribution in [1.29, 1.82) is 0 Å². The molecule has 1 unspecified atom stereocenters. The molecule has 0 N–H and O–H groups in total. The van der Waals surface area contributed by atoms with E-state index in [1.54, 1.807) is 13.3 Å². The third-order valence-electron chi connectivity index (χ3n) is 2.77. The minimum Gasteiger partial charge on any atom is -0.497 e. The number of ether oxygens (including phenoxy) is 1. The van der Waals surface area contributed by atoms with Crippen molar-refractivity contribution in [2.24, 2.45) is 0 Å². The number of carbonyl (C=O) groups is 1. The molecule has 3 nitrogen and oxygen atoms in total. The van der Waals surface area contributed by atoms with Gasteiger partial charge in [-0.1, -0.05) is 12.1 Å². The Bertz CT molecular complexity index is 437. The molecule has 0 saturated carbocycles. The Kier molecular flexibility index (Phi) is 2.86. The number of hydrogen-bond donors (Lipinski definition) is 0. The Balaban J connectivity index is 2.35. The molecular weight excluding hydrogens is 202 g/mol. The lowest BCUT2D eigenvalue weighted by Crippen LogP contribution is -2.27. The Morgan fingerprint density at radius 3 is 2.88 bits per heavy atom. The van der Waals surface area contributed by atoms with Crippen LogP contribution >= 0.6 is 0 Å². The van der Waals surface area contributed by atoms with Crippen molar-refractivity contribution >= 4 is 6.29 Å². The summed E-state index contributed by atoms with van der Waals surface area (Å²) in [7, 11) is 1.62. The molecule has 82 valence electrons. The fourth-order valence-corrected chi connectivity index (χ4v) is 1.76. The van der Waals surface area contributed by atoms with Crippen LogP contribution in [0, 0.1) is 0 Å². The highest BCUT2D eigenvalue weighted by molar-refractivity contribution is 5.72. The predicted octanol–water partition coefficient (Wildman–Crippen LogP) is 2.01. The number of rotatable bonds is 3. The van der Waals surface area contributed by atoms with Crippen molar-refractivity contribution in [3.8, 4) is 0 Å². The second kappa shape index (κ2) is 4.31. The van der Waals surface area contributed by atoms with Crippen LogP contribution in [0.2, 0.25) is 0 Å². The van der Waals surface area contributed by atoms with E-state index in [9.17, 15) is 4.79 Å². The highest BCUT2D eigenvalue weighted by Gasteiger charge is 2.31. The largest absolute Gasteiger partial charge is 0.497 e. The molecule has 0 aromatic carbocycles. The highest BCUT2D eigenvalue weighted by Crippen LogP contribution is 2.30. The lowest BCUT2D eigenvalue weighted by Gasteiger charge is -2.25. The maximum Gasteiger partial charge on any atom is 0.136 e. The van der Waals surface area contributed by atoms with Crippen LogP contribution in [0.3, 0.4) is 0 Å². The van der Waals surface area contributed by atoms with E-state index in [1.165, 1.54) is 0 Å². The second-order valence-electron chi connectivity index (χ2n) is 3.72. The minimum atomic E-state index is -0.636. The van der Waals surface area contributed by atoms with Gasteiger partial charge in [0.25, 0.3) is 0 Å². The summed E-state index contributed by atoms with van der Waals surface area (Å²) in [4.78, 5) is 15.6. The molecule has 0 amide bonds. The normalized spacial score (nSPS) is 23.7. The third kappa shape index (κ3) is 1.76. The molecule has 0 aliphatic heterocycles. The van der Waals surface area contributed by atoms with E-state index < -0.39 is 5.41 Å². The maximum absolute atomic E-state index is 11.3. The number of nitrogens with zero attached hydrogens (tertiary/aromatic N) is 1. The van der Waals surface area contributed by atoms with Crippen LogP contribution < -0.4 is 0 Å². The van der Waals surface area contributed by atoms with Gasteiger partial charge in [0.1, 0.15) is 12.0 Å². The number of carbonyl (C=O) groups excluding carboxylic acids is 1. The molecule has 0 fully saturated rings. The van der Waals surface area contributed by atoms with Gasteiger partial charge in [0, 0.05) is 6.20 Å². The molecule has 1 aromatic rings. The monoisotopic (exact) mass is 215 g/mol. The first-order valence-corrected chi connectivity index (χ1v) is 5.12. The smallest absolute Gasteiger partial charge is 0.136 e. The first-order valence-electron chi connectivity index (χ1n) is 5.12. The zero-order chi connectivity index (χ0) is 11.4. The first-order chi connectivity index (χ1) is 7.80. The molecule has 3 heteroatoms. The lowest BCUT2D eigenvalue weighted by molar-refractivity contribution is -0.111. The lowest BCUT2D eigenvalue weighted by atomic mass is 9.79. The van der Waals surface area contributed by atoms with Gasteiger partial charge in [-0.3, -0.25) is 4.98 Å². The van der Waals surface area contributed by atoms with Crippen LogP contribution in [0.1, 0.15) is 12.1 Å². The summed E-state index contributed by atoms with van der Waals surface area (Å²) in [6, 6.07) is 5.59. The molecule has 16 heavy (non-hydrogen) atoms. The topological polar surface area (TPSA) is 39.2 Å². The van der Waals surface area contributed by atoms with E-state index in [4.69, 9.17) is 4.74 Å². The van der Waals surface area contributed by atoms with Gasteiger partial charge in [-0.15, -0.1) is 0 Å². The third-order valence-corrected chi connectivity index (χ3v) is 2.77. The number of aromatic nitrogens is 1. The van der Waals surface area contributed by atoms with Gasteiger partial charge in [-0.05, 0) is 30.7 Å². The van der Waals surface area contributed by atoms with Crippen molar-refractivity contribution < 1.29 is 9.53 Å². The zero-order valence-electron chi connectivity index (χ0n) is 9.09. The van der Waals surface area contributed by atoms with Gasteiger partial charge in [-0.2, -0.15) is 0 Å². The Morgan fingerprint density at radius 1 is 1.50 bits per heavy atom. The summed E-state index contributed by atoms with van der Waals surface area (Å²) in [5.41, 5.74) is 0.135. The van der Waals surface area contributed by atoms with Crippen molar-refractivity contribution in [3.63, 3.8) is 0 Å². The molecule has 1 heterocycles. The number of aldehydes is 1. The van der Waals surface area contributed by atoms with Gasteiger partial charge in [-0.25, -0.2) is 0 Å². The zero-order valence-corrected chi connectivity index (χ0v) is 9.09. The van der Waals surface area contributed by atoms with Crippen molar-refractivity contribution in [3.05, 3.63) is 54.1 Å². The van der Waals surface area contributed by atoms with Crippen molar-refractivity contribution in [2.75, 3.05) is 7.11 Å². The Hall–Kier alpha value is -1.90. The fourth-order valence-electron chi connectivity index (χ4n) is 1.76. The average Bonchev–Trinajstić information content (AvgIpc) is 2.40. The van der Waals surface area contributed by atoms with Gasteiger partial charge < -0.3 is 9.53 Å². The van der Waals surface area contributed by atoms with E-state index >= 15 is 0 Å². The van der Waals surface area contributed by atoms with Gasteiger partial charge in [0.2, 0.25) is 0 Å². The fraction of sp³-hybridized carbons (Fsp3) is 0.231. The van der Waals surface area contributed by atoms with Gasteiger partial charge >= 0.3 is 0 Å². The SMILES string of the molecule is COC1=CCC(C=O)(c2ccccn2)C=C1. The van der Waals surface area contributed by atoms with Gasteiger partial charge in [0.15, 0.2) is 0 Å². The molecule has 0 saturated heterocycles. The highest BCUT2D eigenvalue weighted by atomic mass is 16.5. The Labute approximate surface area is 94.5 Å². The minimum absolute atomic E-state index is 0.590. The number of pyridine rings is 1. The molecule has 0 bridgehead atoms. The summed E-state index contributed by atoms with van der Waals surface area (Å²) < 4.78 is 5.10. The summed E-state index contributed by atoms with van der Waals surface area (Å²) >= 11 is 0. The van der Waals surface area contributed by atoms with Crippen LogP contribution in [0.5, 0.6) is 0 Å². The summed E-state index contributed by atoms with van der Waals surface area (Å²) in [5.74, 6) is 0.786. The van der Waals surface area contributed by atoms with Gasteiger partial charge in [0.05, 0.1) is 18.2 Å². The number of allylic oxidation sites excluding steroid dienone is 3. The number of methoxy groups -OCH3 is 1. The van der Waals surface area contributed by atoms with E-state index in [0.29, 0.717) is 6.42 Å². The molecule has 0 spiro atoms. The molecule has 1 aliphatic rings. The first kappa shape index (κ1) is 10.6. The van der Waals surface area contributed by atoms with Crippen molar-refractivity contribution in [1.82, 2.24) is 4.98 Å². The molecule has 1 aromatic heterocycles. The number of hydrogen-bond acceptors (Lipinski definition) is 3. The van der Waals surface area contributed by atoms with E-state index in [0.717, 1.165) is 17.7 Å².